The Bertz CT molecular complexity index is 1000. The first-order valence-electron chi connectivity index (χ1n) is 8.51. The summed E-state index contributed by atoms with van der Waals surface area (Å²) in [5, 5.41) is 13.3. The van der Waals surface area contributed by atoms with E-state index in [1.54, 1.807) is 24.4 Å². The Morgan fingerprint density at radius 3 is 2.78 bits per heavy atom. The van der Waals surface area contributed by atoms with Crippen molar-refractivity contribution in [2.75, 3.05) is 7.05 Å². The van der Waals surface area contributed by atoms with Crippen LogP contribution in [0.3, 0.4) is 0 Å². The molecule has 0 radical (unpaired) electrons. The average molecular weight is 378 g/mol. The van der Waals surface area contributed by atoms with Gasteiger partial charge in [-0.3, -0.25) is 4.98 Å². The minimum atomic E-state index is -0.947. The molecule has 0 amide bonds. The van der Waals surface area contributed by atoms with Gasteiger partial charge in [0.05, 0.1) is 23.3 Å². The van der Waals surface area contributed by atoms with E-state index >= 15 is 0 Å². The molecule has 0 spiro atoms. The molecule has 1 aliphatic heterocycles. The third-order valence-corrected chi connectivity index (χ3v) is 5.20. The summed E-state index contributed by atoms with van der Waals surface area (Å²) < 4.78 is 2.00. The fraction of sp³-hybridized carbons (Fsp3) is 0.150. The summed E-state index contributed by atoms with van der Waals surface area (Å²) in [7, 11) is 1.95. The van der Waals surface area contributed by atoms with E-state index in [0.717, 1.165) is 17.1 Å². The summed E-state index contributed by atoms with van der Waals surface area (Å²) in [6.07, 6.45) is 3.70. The summed E-state index contributed by atoms with van der Waals surface area (Å²) in [5.74, 6) is -0.947. The number of hydrogen-bond donors (Lipinski definition) is 2. The molecule has 0 saturated carbocycles. The predicted molar refractivity (Wildman–Crippen MR) is 106 cm³/mol. The van der Waals surface area contributed by atoms with Crippen LogP contribution < -0.4 is 5.32 Å². The van der Waals surface area contributed by atoms with Gasteiger partial charge in [0.2, 0.25) is 0 Å². The molecule has 1 saturated heterocycles. The smallest absolute Gasteiger partial charge is 0.335 e. The Morgan fingerprint density at radius 2 is 2.04 bits per heavy atom. The number of likely N-dealkylation sites (N-methyl/N-ethyl adjacent to an activating group) is 1. The molecule has 2 aromatic heterocycles. The Balaban J connectivity index is 1.79. The number of nitrogens with one attached hydrogen (secondary N) is 1. The number of nitrogens with zero attached hydrogens (tertiary/aromatic N) is 3. The third kappa shape index (κ3) is 3.06. The number of thiocarbonyl (C=S) groups is 1. The zero-order chi connectivity index (χ0) is 19.0. The van der Waals surface area contributed by atoms with Crippen LogP contribution in [0.25, 0.3) is 5.69 Å². The normalized spacial score (nSPS) is 19.1. The largest absolute Gasteiger partial charge is 0.478 e. The molecule has 2 atom stereocenters. The molecule has 3 heterocycles. The molecule has 1 aliphatic rings. The van der Waals surface area contributed by atoms with Crippen LogP contribution in [0.1, 0.15) is 33.8 Å². The monoisotopic (exact) mass is 378 g/mol. The zero-order valence-corrected chi connectivity index (χ0v) is 15.4. The molecule has 1 fully saturated rings. The molecule has 0 bridgehead atoms. The second-order valence-electron chi connectivity index (χ2n) is 6.40. The highest BCUT2D eigenvalue weighted by molar-refractivity contribution is 7.80. The number of pyridine rings is 1. The lowest BCUT2D eigenvalue weighted by Crippen LogP contribution is -2.25. The van der Waals surface area contributed by atoms with Crippen LogP contribution in [0, 0.1) is 0 Å². The van der Waals surface area contributed by atoms with Crippen LogP contribution in [-0.4, -0.2) is 37.7 Å². The van der Waals surface area contributed by atoms with E-state index in [2.05, 4.69) is 10.3 Å². The van der Waals surface area contributed by atoms with Crippen molar-refractivity contribution in [1.82, 2.24) is 19.8 Å². The summed E-state index contributed by atoms with van der Waals surface area (Å²) >= 11 is 5.48. The molecule has 2 N–H and O–H groups in total. The SMILES string of the molecule is CN1C(=S)N[C@@H](c2ccccn2)[C@@H]1c1cccn1-c1cccc(C(=O)O)c1. The molecular formula is C20H18N4O2S. The second kappa shape index (κ2) is 6.85. The molecule has 0 unspecified atom stereocenters. The van der Waals surface area contributed by atoms with Gasteiger partial charge in [-0.1, -0.05) is 12.1 Å². The Labute approximate surface area is 162 Å². The summed E-state index contributed by atoms with van der Waals surface area (Å²) in [6.45, 7) is 0. The highest BCUT2D eigenvalue weighted by Crippen LogP contribution is 2.38. The number of rotatable bonds is 4. The van der Waals surface area contributed by atoms with Crippen molar-refractivity contribution in [2.24, 2.45) is 0 Å². The predicted octanol–water partition coefficient (Wildman–Crippen LogP) is 3.17. The van der Waals surface area contributed by atoms with E-state index < -0.39 is 5.97 Å². The van der Waals surface area contributed by atoms with Crippen molar-refractivity contribution in [2.45, 2.75) is 12.1 Å². The maximum atomic E-state index is 11.3. The van der Waals surface area contributed by atoms with Crippen molar-refractivity contribution < 1.29 is 9.90 Å². The first-order valence-corrected chi connectivity index (χ1v) is 8.92. The lowest BCUT2D eigenvalue weighted by molar-refractivity contribution is 0.0697. The average Bonchev–Trinajstić information content (AvgIpc) is 3.27. The van der Waals surface area contributed by atoms with Gasteiger partial charge < -0.3 is 19.9 Å². The molecule has 1 aromatic carbocycles. The van der Waals surface area contributed by atoms with E-state index in [-0.39, 0.29) is 17.6 Å². The third-order valence-electron chi connectivity index (χ3n) is 4.79. The Kier molecular flexibility index (Phi) is 4.37. The van der Waals surface area contributed by atoms with Crippen molar-refractivity contribution in [3.05, 3.63) is 83.9 Å². The van der Waals surface area contributed by atoms with Crippen LogP contribution in [-0.2, 0) is 0 Å². The topological polar surface area (TPSA) is 70.4 Å². The second-order valence-corrected chi connectivity index (χ2v) is 6.78. The Hall–Kier alpha value is -3.19. The van der Waals surface area contributed by atoms with Gasteiger partial charge in [0.1, 0.15) is 0 Å². The van der Waals surface area contributed by atoms with E-state index in [9.17, 15) is 9.90 Å². The van der Waals surface area contributed by atoms with Gasteiger partial charge in [0, 0.05) is 30.8 Å². The maximum absolute atomic E-state index is 11.3. The number of aromatic nitrogens is 2. The van der Waals surface area contributed by atoms with Gasteiger partial charge in [-0.15, -0.1) is 0 Å². The first-order chi connectivity index (χ1) is 13.1. The highest BCUT2D eigenvalue weighted by atomic mass is 32.1. The molecule has 27 heavy (non-hydrogen) atoms. The quantitative estimate of drug-likeness (QED) is 0.680. The lowest BCUT2D eigenvalue weighted by Gasteiger charge is -2.25. The standard InChI is InChI=1S/C20H18N4O2S/c1-23-18(17(22-20(23)27)15-8-2-3-10-21-15)16-9-5-11-24(16)14-7-4-6-13(12-14)19(25)26/h2-12,17-18H,1H3,(H,22,27)(H,25,26)/t17-,18-/m0/s1. The fourth-order valence-corrected chi connectivity index (χ4v) is 3.73. The van der Waals surface area contributed by atoms with Crippen molar-refractivity contribution in [3.63, 3.8) is 0 Å². The van der Waals surface area contributed by atoms with Gasteiger partial charge in [-0.2, -0.15) is 0 Å². The van der Waals surface area contributed by atoms with Crippen LogP contribution in [0.5, 0.6) is 0 Å². The molecule has 136 valence electrons. The van der Waals surface area contributed by atoms with E-state index in [4.69, 9.17) is 12.2 Å². The molecule has 0 aliphatic carbocycles. The number of benzene rings is 1. The number of aromatic carboxylic acids is 1. The van der Waals surface area contributed by atoms with Crippen molar-refractivity contribution >= 4 is 23.3 Å². The van der Waals surface area contributed by atoms with Crippen LogP contribution in [0.2, 0.25) is 0 Å². The Morgan fingerprint density at radius 1 is 1.19 bits per heavy atom. The molecule has 3 aromatic rings. The minimum absolute atomic E-state index is 0.0733. The minimum Gasteiger partial charge on any atom is -0.478 e. The van der Waals surface area contributed by atoms with Gasteiger partial charge in [0.15, 0.2) is 5.11 Å². The summed E-state index contributed by atoms with van der Waals surface area (Å²) in [5.41, 5.74) is 2.95. The maximum Gasteiger partial charge on any atom is 0.335 e. The van der Waals surface area contributed by atoms with Gasteiger partial charge in [-0.05, 0) is 54.7 Å². The van der Waals surface area contributed by atoms with E-state index in [1.165, 1.54) is 0 Å². The number of carboxylic acids is 1. The van der Waals surface area contributed by atoms with Crippen LogP contribution in [0.15, 0.2) is 67.0 Å². The molecule has 4 rings (SSSR count). The van der Waals surface area contributed by atoms with E-state index in [0.29, 0.717) is 5.11 Å². The van der Waals surface area contributed by atoms with Crippen molar-refractivity contribution in [1.29, 1.82) is 0 Å². The molecule has 7 heteroatoms. The van der Waals surface area contributed by atoms with E-state index in [1.807, 2.05) is 59.1 Å². The number of hydrogen-bond acceptors (Lipinski definition) is 3. The highest BCUT2D eigenvalue weighted by Gasteiger charge is 2.39. The van der Waals surface area contributed by atoms with Gasteiger partial charge in [-0.25, -0.2) is 4.79 Å². The summed E-state index contributed by atoms with van der Waals surface area (Å²) in [6, 6.07) is 16.5. The van der Waals surface area contributed by atoms with Gasteiger partial charge >= 0.3 is 5.97 Å². The number of carboxylic acid groups (broad SMARTS) is 1. The van der Waals surface area contributed by atoms with Gasteiger partial charge in [0.25, 0.3) is 0 Å². The van der Waals surface area contributed by atoms with Crippen LogP contribution in [0.4, 0.5) is 0 Å². The van der Waals surface area contributed by atoms with Crippen LogP contribution >= 0.6 is 12.2 Å². The summed E-state index contributed by atoms with van der Waals surface area (Å²) in [4.78, 5) is 17.9. The van der Waals surface area contributed by atoms with Crippen molar-refractivity contribution in [3.8, 4) is 5.69 Å². The molecular weight excluding hydrogens is 360 g/mol. The first kappa shape index (κ1) is 17.2. The molecule has 6 nitrogen and oxygen atoms in total. The zero-order valence-electron chi connectivity index (χ0n) is 14.6. The lowest BCUT2D eigenvalue weighted by atomic mass is 10.0. The number of carbonyl (C=O) groups is 1. The fourth-order valence-electron chi connectivity index (χ4n) is 3.49.